The Morgan fingerprint density at radius 1 is 1.56 bits per heavy atom. The van der Waals surface area contributed by atoms with Gasteiger partial charge in [0.1, 0.15) is 5.75 Å². The average Bonchev–Trinajstić information content (AvgIpc) is 2.21. The van der Waals surface area contributed by atoms with Crippen LogP contribution in [0.5, 0.6) is 5.75 Å². The van der Waals surface area contributed by atoms with Crippen LogP contribution in [0.25, 0.3) is 0 Å². The number of rotatable bonds is 4. The molecule has 0 radical (unpaired) electrons. The van der Waals surface area contributed by atoms with Gasteiger partial charge in [0.2, 0.25) is 5.91 Å². The van der Waals surface area contributed by atoms with Gasteiger partial charge in [0.05, 0.1) is 18.9 Å². The number of benzene rings is 1. The van der Waals surface area contributed by atoms with E-state index in [1.54, 1.807) is 31.2 Å². The molecule has 0 bridgehead atoms. The molecular weight excluding hydrogens is 204 g/mol. The molecule has 0 aromatic heterocycles. The van der Waals surface area contributed by atoms with Gasteiger partial charge in [0.25, 0.3) is 0 Å². The number of amides is 1. The van der Waals surface area contributed by atoms with Crippen molar-refractivity contribution in [2.24, 2.45) is 0 Å². The van der Waals surface area contributed by atoms with Crippen LogP contribution < -0.4 is 5.32 Å². The molecule has 1 unspecified atom stereocenters. The van der Waals surface area contributed by atoms with Crippen LogP contribution in [0, 0.1) is 11.3 Å². The summed E-state index contributed by atoms with van der Waals surface area (Å²) in [6.45, 7) is 1.77. The Morgan fingerprint density at radius 2 is 2.25 bits per heavy atom. The van der Waals surface area contributed by atoms with E-state index in [0.717, 1.165) is 0 Å². The predicted molar refractivity (Wildman–Crippen MR) is 59.6 cm³/mol. The fourth-order valence-electron chi connectivity index (χ4n) is 1.35. The molecule has 1 rings (SSSR count). The van der Waals surface area contributed by atoms with Crippen LogP contribution in [-0.4, -0.2) is 17.1 Å². The van der Waals surface area contributed by atoms with Gasteiger partial charge >= 0.3 is 0 Å². The van der Waals surface area contributed by atoms with Crippen molar-refractivity contribution in [3.05, 3.63) is 29.8 Å². The topological polar surface area (TPSA) is 73.1 Å². The third-order valence-corrected chi connectivity index (χ3v) is 2.15. The van der Waals surface area contributed by atoms with Gasteiger partial charge in [-0.2, -0.15) is 5.26 Å². The smallest absolute Gasteiger partial charge is 0.224 e. The van der Waals surface area contributed by atoms with Crippen molar-refractivity contribution < 1.29 is 9.90 Å². The molecule has 4 nitrogen and oxygen atoms in total. The number of aromatic hydroxyl groups is 1. The molecule has 1 aromatic carbocycles. The van der Waals surface area contributed by atoms with E-state index >= 15 is 0 Å². The first-order valence-electron chi connectivity index (χ1n) is 5.06. The Kier molecular flexibility index (Phi) is 4.34. The van der Waals surface area contributed by atoms with Gasteiger partial charge in [-0.25, -0.2) is 0 Å². The van der Waals surface area contributed by atoms with Crippen LogP contribution in [0.2, 0.25) is 0 Å². The van der Waals surface area contributed by atoms with Crippen LogP contribution in [0.4, 0.5) is 0 Å². The zero-order chi connectivity index (χ0) is 12.0. The van der Waals surface area contributed by atoms with E-state index in [1.165, 1.54) is 0 Å². The molecule has 2 N–H and O–H groups in total. The molecule has 16 heavy (non-hydrogen) atoms. The molecule has 0 aliphatic heterocycles. The largest absolute Gasteiger partial charge is 0.508 e. The Bertz CT molecular complexity index is 410. The first-order chi connectivity index (χ1) is 7.63. The zero-order valence-electron chi connectivity index (χ0n) is 9.10. The highest BCUT2D eigenvalue weighted by Crippen LogP contribution is 2.15. The van der Waals surface area contributed by atoms with Crippen molar-refractivity contribution in [2.45, 2.75) is 25.8 Å². The lowest BCUT2D eigenvalue weighted by molar-refractivity contribution is -0.121. The molecule has 1 aromatic rings. The van der Waals surface area contributed by atoms with E-state index in [-0.39, 0.29) is 30.5 Å². The number of carbonyl (C=O) groups is 1. The van der Waals surface area contributed by atoms with Crippen molar-refractivity contribution in [3.63, 3.8) is 0 Å². The van der Waals surface area contributed by atoms with Crippen LogP contribution in [0.15, 0.2) is 24.3 Å². The average molecular weight is 218 g/mol. The predicted octanol–water partition coefficient (Wildman–Crippen LogP) is 1.35. The molecule has 0 spiro atoms. The van der Waals surface area contributed by atoms with Crippen molar-refractivity contribution in [1.29, 1.82) is 5.26 Å². The second kappa shape index (κ2) is 5.76. The quantitative estimate of drug-likeness (QED) is 0.801. The Hall–Kier alpha value is -2.02. The van der Waals surface area contributed by atoms with Gasteiger partial charge in [-0.3, -0.25) is 4.79 Å². The summed E-state index contributed by atoms with van der Waals surface area (Å²) in [6, 6.07) is 8.53. The molecule has 1 amide bonds. The summed E-state index contributed by atoms with van der Waals surface area (Å²) < 4.78 is 0. The summed E-state index contributed by atoms with van der Waals surface area (Å²) in [6.07, 6.45) is 0.412. The van der Waals surface area contributed by atoms with Crippen LogP contribution >= 0.6 is 0 Å². The fraction of sp³-hybridized carbons (Fsp3) is 0.333. The monoisotopic (exact) mass is 218 g/mol. The molecule has 0 aliphatic rings. The molecule has 0 saturated heterocycles. The second-order valence-corrected chi connectivity index (χ2v) is 3.64. The van der Waals surface area contributed by atoms with E-state index in [2.05, 4.69) is 5.32 Å². The third kappa shape index (κ3) is 3.62. The summed E-state index contributed by atoms with van der Waals surface area (Å²) in [5, 5.41) is 20.6. The van der Waals surface area contributed by atoms with Gasteiger partial charge in [0, 0.05) is 11.6 Å². The van der Waals surface area contributed by atoms with E-state index in [4.69, 9.17) is 5.26 Å². The minimum absolute atomic E-state index is 0.116. The first kappa shape index (κ1) is 12.1. The highest BCUT2D eigenvalue weighted by Gasteiger charge is 2.09. The molecule has 1 atom stereocenters. The number of hydrogen-bond acceptors (Lipinski definition) is 3. The Balaban J connectivity index is 2.53. The van der Waals surface area contributed by atoms with Crippen LogP contribution in [0.3, 0.4) is 0 Å². The van der Waals surface area contributed by atoms with Crippen molar-refractivity contribution >= 4 is 5.91 Å². The van der Waals surface area contributed by atoms with Crippen LogP contribution in [-0.2, 0) is 11.2 Å². The lowest BCUT2D eigenvalue weighted by Crippen LogP contribution is -2.33. The zero-order valence-corrected chi connectivity index (χ0v) is 9.10. The molecule has 0 fully saturated rings. The van der Waals surface area contributed by atoms with Crippen molar-refractivity contribution in [2.75, 3.05) is 0 Å². The number of nitrogens with zero attached hydrogens (tertiary/aromatic N) is 1. The minimum atomic E-state index is -0.191. The molecule has 0 saturated carbocycles. The van der Waals surface area contributed by atoms with Gasteiger partial charge in [0.15, 0.2) is 0 Å². The maximum Gasteiger partial charge on any atom is 0.224 e. The number of para-hydroxylation sites is 1. The van der Waals surface area contributed by atoms with E-state index < -0.39 is 0 Å². The van der Waals surface area contributed by atoms with Gasteiger partial charge in [-0.05, 0) is 13.0 Å². The highest BCUT2D eigenvalue weighted by atomic mass is 16.3. The third-order valence-electron chi connectivity index (χ3n) is 2.15. The summed E-state index contributed by atoms with van der Waals surface area (Å²) >= 11 is 0. The number of carbonyl (C=O) groups excluding carboxylic acids is 1. The van der Waals surface area contributed by atoms with Crippen LogP contribution in [0.1, 0.15) is 18.9 Å². The molecule has 0 aliphatic carbocycles. The molecule has 0 heterocycles. The standard InChI is InChI=1S/C12H14N2O2/c1-9(6-7-13)14-12(16)8-10-4-2-3-5-11(10)15/h2-5,9,15H,6,8H2,1H3,(H,14,16). The highest BCUT2D eigenvalue weighted by molar-refractivity contribution is 5.79. The lowest BCUT2D eigenvalue weighted by atomic mass is 10.1. The number of phenolic OH excluding ortho intramolecular Hbond substituents is 1. The number of nitrogens with one attached hydrogen (secondary N) is 1. The SMILES string of the molecule is CC(CC#N)NC(=O)Cc1ccccc1O. The van der Waals surface area contributed by atoms with E-state index in [1.807, 2.05) is 6.07 Å². The van der Waals surface area contributed by atoms with E-state index in [9.17, 15) is 9.90 Å². The maximum atomic E-state index is 11.5. The fourth-order valence-corrected chi connectivity index (χ4v) is 1.35. The Morgan fingerprint density at radius 3 is 2.88 bits per heavy atom. The molecule has 84 valence electrons. The Labute approximate surface area is 94.5 Å². The number of nitriles is 1. The van der Waals surface area contributed by atoms with Crippen molar-refractivity contribution in [3.8, 4) is 11.8 Å². The number of phenols is 1. The molecular formula is C12H14N2O2. The first-order valence-corrected chi connectivity index (χ1v) is 5.06. The molecule has 4 heteroatoms. The summed E-state index contributed by atoms with van der Waals surface area (Å²) in [5.41, 5.74) is 0.587. The van der Waals surface area contributed by atoms with Gasteiger partial charge in [-0.15, -0.1) is 0 Å². The second-order valence-electron chi connectivity index (χ2n) is 3.64. The summed E-state index contributed by atoms with van der Waals surface area (Å²) in [5.74, 6) is -0.0742. The van der Waals surface area contributed by atoms with Gasteiger partial charge < -0.3 is 10.4 Å². The summed E-state index contributed by atoms with van der Waals surface area (Å²) in [7, 11) is 0. The van der Waals surface area contributed by atoms with E-state index in [0.29, 0.717) is 5.56 Å². The lowest BCUT2D eigenvalue weighted by Gasteiger charge is -2.10. The number of hydrogen-bond donors (Lipinski definition) is 2. The van der Waals surface area contributed by atoms with Gasteiger partial charge in [-0.1, -0.05) is 18.2 Å². The van der Waals surface area contributed by atoms with Crippen molar-refractivity contribution in [1.82, 2.24) is 5.32 Å². The normalized spacial score (nSPS) is 11.5. The maximum absolute atomic E-state index is 11.5. The summed E-state index contributed by atoms with van der Waals surface area (Å²) in [4.78, 5) is 11.5. The minimum Gasteiger partial charge on any atom is -0.508 e.